The van der Waals surface area contributed by atoms with Crippen molar-refractivity contribution >= 4 is 5.91 Å². The van der Waals surface area contributed by atoms with Crippen molar-refractivity contribution in [1.29, 1.82) is 0 Å². The zero-order valence-corrected chi connectivity index (χ0v) is 9.86. The van der Waals surface area contributed by atoms with E-state index >= 15 is 0 Å². The Labute approximate surface area is 95.2 Å². The second kappa shape index (κ2) is 4.63. The number of aryl methyl sites for hydroxylation is 1. The molecule has 1 N–H and O–H groups in total. The molecule has 2 rings (SSSR count). The molecule has 0 fully saturated rings. The summed E-state index contributed by atoms with van der Waals surface area (Å²) in [6, 6.07) is 0. The zero-order valence-electron chi connectivity index (χ0n) is 9.86. The fourth-order valence-electron chi connectivity index (χ4n) is 1.87. The van der Waals surface area contributed by atoms with Gasteiger partial charge >= 0.3 is 0 Å². The summed E-state index contributed by atoms with van der Waals surface area (Å²) in [5.41, 5.74) is 0. The van der Waals surface area contributed by atoms with Crippen LogP contribution in [0.3, 0.4) is 0 Å². The van der Waals surface area contributed by atoms with Crippen LogP contribution < -0.4 is 5.32 Å². The molecule has 0 bridgehead atoms. The van der Waals surface area contributed by atoms with Crippen molar-refractivity contribution in [3.05, 3.63) is 11.6 Å². The third kappa shape index (κ3) is 2.08. The Morgan fingerprint density at radius 3 is 3.12 bits per heavy atom. The first kappa shape index (κ1) is 11.1. The first-order chi connectivity index (χ1) is 7.72. The second-order valence-electron chi connectivity index (χ2n) is 4.31. The molecule has 1 aromatic rings. The summed E-state index contributed by atoms with van der Waals surface area (Å²) in [7, 11) is 0. The Bertz CT molecular complexity index is 385. The van der Waals surface area contributed by atoms with Crippen molar-refractivity contribution in [1.82, 2.24) is 20.1 Å². The van der Waals surface area contributed by atoms with E-state index in [-0.39, 0.29) is 11.8 Å². The van der Waals surface area contributed by atoms with Crippen LogP contribution in [0.4, 0.5) is 0 Å². The van der Waals surface area contributed by atoms with E-state index < -0.39 is 0 Å². The van der Waals surface area contributed by atoms with E-state index in [1.165, 1.54) is 0 Å². The van der Waals surface area contributed by atoms with Crippen molar-refractivity contribution in [2.75, 3.05) is 0 Å². The number of hydrogen-bond donors (Lipinski definition) is 1. The van der Waals surface area contributed by atoms with Gasteiger partial charge in [0.2, 0.25) is 5.91 Å². The largest absolute Gasteiger partial charge is 0.349 e. The van der Waals surface area contributed by atoms with Gasteiger partial charge in [-0.15, -0.1) is 10.2 Å². The van der Waals surface area contributed by atoms with Crippen molar-refractivity contribution in [3.63, 3.8) is 0 Å². The van der Waals surface area contributed by atoms with Gasteiger partial charge in [0.15, 0.2) is 5.82 Å². The molecule has 2 heterocycles. The lowest BCUT2D eigenvalue weighted by Gasteiger charge is -2.09. The van der Waals surface area contributed by atoms with Crippen molar-refractivity contribution in [2.24, 2.45) is 5.92 Å². The number of nitrogens with one attached hydrogen (secondary N) is 1. The summed E-state index contributed by atoms with van der Waals surface area (Å²) < 4.78 is 2.11. The number of amides is 1. The Morgan fingerprint density at radius 1 is 1.56 bits per heavy atom. The predicted octanol–water partition coefficient (Wildman–Crippen LogP) is 0.887. The van der Waals surface area contributed by atoms with Gasteiger partial charge in [0.25, 0.3) is 0 Å². The van der Waals surface area contributed by atoms with Crippen LogP contribution in [0.15, 0.2) is 0 Å². The minimum absolute atomic E-state index is 0.0703. The van der Waals surface area contributed by atoms with Crippen LogP contribution in [0.25, 0.3) is 0 Å². The van der Waals surface area contributed by atoms with Gasteiger partial charge in [-0.1, -0.05) is 13.8 Å². The summed E-state index contributed by atoms with van der Waals surface area (Å²) in [6.07, 6.45) is 3.01. The molecule has 0 aromatic carbocycles. The van der Waals surface area contributed by atoms with Gasteiger partial charge in [-0.25, -0.2) is 0 Å². The van der Waals surface area contributed by atoms with Gasteiger partial charge in [0, 0.05) is 18.9 Å². The van der Waals surface area contributed by atoms with Crippen LogP contribution in [0, 0.1) is 5.92 Å². The normalized spacial score (nSPS) is 15.9. The van der Waals surface area contributed by atoms with E-state index in [4.69, 9.17) is 0 Å². The molecule has 0 radical (unpaired) electrons. The van der Waals surface area contributed by atoms with Crippen LogP contribution in [-0.4, -0.2) is 20.7 Å². The van der Waals surface area contributed by atoms with Gasteiger partial charge in [0.1, 0.15) is 5.82 Å². The van der Waals surface area contributed by atoms with Crippen LogP contribution in [-0.2, 0) is 24.3 Å². The van der Waals surface area contributed by atoms with E-state index in [9.17, 15) is 4.79 Å². The maximum Gasteiger partial charge on any atom is 0.223 e. The number of fused-ring (bicyclic) bond motifs is 1. The van der Waals surface area contributed by atoms with Gasteiger partial charge < -0.3 is 9.88 Å². The molecule has 0 aliphatic carbocycles. The summed E-state index contributed by atoms with van der Waals surface area (Å²) in [5, 5.41) is 11.1. The lowest BCUT2D eigenvalue weighted by Crippen LogP contribution is -2.29. The fraction of sp³-hybridized carbons (Fsp3) is 0.727. The third-order valence-electron chi connectivity index (χ3n) is 3.17. The number of aromatic nitrogens is 3. The molecule has 1 aromatic heterocycles. The maximum absolute atomic E-state index is 11.6. The molecular formula is C11H18N4O. The molecule has 0 spiro atoms. The zero-order chi connectivity index (χ0) is 11.5. The smallest absolute Gasteiger partial charge is 0.223 e. The first-order valence-corrected chi connectivity index (χ1v) is 5.91. The van der Waals surface area contributed by atoms with Gasteiger partial charge in [-0.2, -0.15) is 0 Å². The lowest BCUT2D eigenvalue weighted by atomic mass is 10.1. The minimum atomic E-state index is 0.0703. The highest BCUT2D eigenvalue weighted by Gasteiger charge is 2.18. The van der Waals surface area contributed by atoms with Gasteiger partial charge in [-0.3, -0.25) is 4.79 Å². The predicted molar refractivity (Wildman–Crippen MR) is 59.6 cm³/mol. The van der Waals surface area contributed by atoms with Crippen LogP contribution >= 0.6 is 0 Å². The Kier molecular flexibility index (Phi) is 3.22. The number of carbonyl (C=O) groups excluding carboxylic acids is 1. The van der Waals surface area contributed by atoms with Gasteiger partial charge in [-0.05, 0) is 12.8 Å². The summed E-state index contributed by atoms with van der Waals surface area (Å²) in [5.74, 6) is 2.09. The topological polar surface area (TPSA) is 59.8 Å². The van der Waals surface area contributed by atoms with E-state index in [1.807, 2.05) is 13.8 Å². The third-order valence-corrected chi connectivity index (χ3v) is 3.17. The highest BCUT2D eigenvalue weighted by molar-refractivity contribution is 5.78. The quantitative estimate of drug-likeness (QED) is 0.823. The Balaban J connectivity index is 1.93. The number of carbonyl (C=O) groups is 1. The molecule has 5 nitrogen and oxygen atoms in total. The molecule has 0 saturated heterocycles. The van der Waals surface area contributed by atoms with E-state index in [0.29, 0.717) is 6.54 Å². The molecule has 1 amide bonds. The molecule has 16 heavy (non-hydrogen) atoms. The van der Waals surface area contributed by atoms with E-state index in [1.54, 1.807) is 0 Å². The molecule has 1 unspecified atom stereocenters. The van der Waals surface area contributed by atoms with Crippen molar-refractivity contribution < 1.29 is 4.79 Å². The Hall–Kier alpha value is -1.39. The molecular weight excluding hydrogens is 204 g/mol. The summed E-state index contributed by atoms with van der Waals surface area (Å²) >= 11 is 0. The number of hydrogen-bond acceptors (Lipinski definition) is 3. The summed E-state index contributed by atoms with van der Waals surface area (Å²) in [6.45, 7) is 5.43. The summed E-state index contributed by atoms with van der Waals surface area (Å²) in [4.78, 5) is 11.6. The SMILES string of the molecule is CCC(C)C(=O)NCc1nnc2n1CCC2. The molecule has 1 atom stereocenters. The standard InChI is InChI=1S/C11H18N4O/c1-3-8(2)11(16)12-7-10-14-13-9-5-4-6-15(9)10/h8H,3-7H2,1-2H3,(H,12,16). The Morgan fingerprint density at radius 2 is 2.38 bits per heavy atom. The molecule has 88 valence electrons. The monoisotopic (exact) mass is 222 g/mol. The minimum Gasteiger partial charge on any atom is -0.349 e. The van der Waals surface area contributed by atoms with Crippen molar-refractivity contribution in [3.8, 4) is 0 Å². The van der Waals surface area contributed by atoms with Crippen LogP contribution in [0.2, 0.25) is 0 Å². The number of nitrogens with zero attached hydrogens (tertiary/aromatic N) is 3. The number of rotatable bonds is 4. The highest BCUT2D eigenvalue weighted by atomic mass is 16.1. The van der Waals surface area contributed by atoms with Crippen molar-refractivity contribution in [2.45, 2.75) is 46.2 Å². The first-order valence-electron chi connectivity index (χ1n) is 5.91. The average molecular weight is 222 g/mol. The van der Waals surface area contributed by atoms with Gasteiger partial charge in [0.05, 0.1) is 6.54 Å². The van der Waals surface area contributed by atoms with Crippen LogP contribution in [0.5, 0.6) is 0 Å². The average Bonchev–Trinajstić information content (AvgIpc) is 2.87. The van der Waals surface area contributed by atoms with Crippen LogP contribution in [0.1, 0.15) is 38.3 Å². The highest BCUT2D eigenvalue weighted by Crippen LogP contribution is 2.13. The lowest BCUT2D eigenvalue weighted by molar-refractivity contribution is -0.124. The molecule has 1 aliphatic heterocycles. The molecule has 1 aliphatic rings. The van der Waals surface area contributed by atoms with E-state index in [2.05, 4.69) is 20.1 Å². The second-order valence-corrected chi connectivity index (χ2v) is 4.31. The fourth-order valence-corrected chi connectivity index (χ4v) is 1.87. The maximum atomic E-state index is 11.6. The van der Waals surface area contributed by atoms with E-state index in [0.717, 1.165) is 37.5 Å². The molecule has 5 heteroatoms. The molecule has 0 saturated carbocycles.